The molecule has 122 valence electrons. The SMILES string of the molecule is O=C(O)c1cc(OCCS(=O)(=O)c2cccc(O)c2)ccc1O. The van der Waals surface area contributed by atoms with Gasteiger partial charge < -0.3 is 20.1 Å². The van der Waals surface area contributed by atoms with Crippen molar-refractivity contribution in [2.75, 3.05) is 12.4 Å². The highest BCUT2D eigenvalue weighted by Crippen LogP contribution is 2.23. The molecular formula is C15H14O7S. The van der Waals surface area contributed by atoms with Crippen LogP contribution >= 0.6 is 0 Å². The lowest BCUT2D eigenvalue weighted by Crippen LogP contribution is -2.14. The fourth-order valence-corrected chi connectivity index (χ4v) is 2.96. The van der Waals surface area contributed by atoms with E-state index in [0.717, 1.165) is 18.2 Å². The van der Waals surface area contributed by atoms with Gasteiger partial charge in [0.15, 0.2) is 9.84 Å². The number of carboxylic acids is 1. The van der Waals surface area contributed by atoms with Gasteiger partial charge in [-0.2, -0.15) is 0 Å². The minimum atomic E-state index is -3.64. The van der Waals surface area contributed by atoms with Gasteiger partial charge in [-0.25, -0.2) is 13.2 Å². The normalized spacial score (nSPS) is 11.1. The number of sulfone groups is 1. The number of benzene rings is 2. The lowest BCUT2D eigenvalue weighted by molar-refractivity contribution is 0.0693. The smallest absolute Gasteiger partial charge is 0.339 e. The van der Waals surface area contributed by atoms with E-state index in [2.05, 4.69) is 0 Å². The molecule has 0 aliphatic rings. The first-order valence-electron chi connectivity index (χ1n) is 6.50. The Balaban J connectivity index is 2.05. The van der Waals surface area contributed by atoms with Crippen molar-refractivity contribution in [1.82, 2.24) is 0 Å². The summed E-state index contributed by atoms with van der Waals surface area (Å²) in [5.74, 6) is -2.10. The summed E-state index contributed by atoms with van der Waals surface area (Å²) < 4.78 is 29.4. The average Bonchev–Trinajstić information content (AvgIpc) is 2.48. The molecule has 0 bridgehead atoms. The third kappa shape index (κ3) is 4.13. The van der Waals surface area contributed by atoms with Crippen LogP contribution in [-0.2, 0) is 9.84 Å². The number of carbonyl (C=O) groups is 1. The second-order valence-corrected chi connectivity index (χ2v) is 6.76. The van der Waals surface area contributed by atoms with Gasteiger partial charge in [-0.1, -0.05) is 6.07 Å². The molecule has 0 aromatic heterocycles. The highest BCUT2D eigenvalue weighted by molar-refractivity contribution is 7.91. The molecule has 0 atom stereocenters. The predicted molar refractivity (Wildman–Crippen MR) is 80.7 cm³/mol. The summed E-state index contributed by atoms with van der Waals surface area (Å²) in [7, 11) is -3.64. The van der Waals surface area contributed by atoms with Crippen LogP contribution in [0.2, 0.25) is 0 Å². The van der Waals surface area contributed by atoms with E-state index >= 15 is 0 Å². The van der Waals surface area contributed by atoms with Crippen molar-refractivity contribution in [2.24, 2.45) is 0 Å². The minimum absolute atomic E-state index is 0.0296. The van der Waals surface area contributed by atoms with E-state index in [1.807, 2.05) is 0 Å². The second-order valence-electron chi connectivity index (χ2n) is 4.65. The maximum absolute atomic E-state index is 12.1. The molecule has 3 N–H and O–H groups in total. The number of phenols is 2. The van der Waals surface area contributed by atoms with Crippen LogP contribution in [0.15, 0.2) is 47.4 Å². The van der Waals surface area contributed by atoms with E-state index < -0.39 is 21.6 Å². The Labute approximate surface area is 132 Å². The van der Waals surface area contributed by atoms with E-state index in [4.69, 9.17) is 9.84 Å². The van der Waals surface area contributed by atoms with E-state index in [1.54, 1.807) is 0 Å². The Morgan fingerprint density at radius 3 is 2.48 bits per heavy atom. The zero-order valence-electron chi connectivity index (χ0n) is 11.8. The Morgan fingerprint density at radius 1 is 1.09 bits per heavy atom. The monoisotopic (exact) mass is 338 g/mol. The molecular weight excluding hydrogens is 324 g/mol. The zero-order chi connectivity index (χ0) is 17.0. The van der Waals surface area contributed by atoms with Gasteiger partial charge in [0.25, 0.3) is 0 Å². The van der Waals surface area contributed by atoms with Gasteiger partial charge in [0, 0.05) is 0 Å². The number of aromatic carboxylic acids is 1. The van der Waals surface area contributed by atoms with Crippen LogP contribution in [-0.4, -0.2) is 42.1 Å². The highest BCUT2D eigenvalue weighted by Gasteiger charge is 2.16. The van der Waals surface area contributed by atoms with Crippen LogP contribution in [0, 0.1) is 0 Å². The molecule has 0 radical (unpaired) electrons. The van der Waals surface area contributed by atoms with Gasteiger partial charge in [0.05, 0.1) is 10.6 Å². The number of carboxylic acid groups (broad SMARTS) is 1. The van der Waals surface area contributed by atoms with E-state index in [0.29, 0.717) is 0 Å². The first-order chi connectivity index (χ1) is 10.8. The molecule has 0 fully saturated rings. The van der Waals surface area contributed by atoms with Crippen LogP contribution in [0.3, 0.4) is 0 Å². The molecule has 0 unspecified atom stereocenters. The summed E-state index contributed by atoms with van der Waals surface area (Å²) in [5.41, 5.74) is -0.335. The van der Waals surface area contributed by atoms with Gasteiger partial charge in [0.1, 0.15) is 29.4 Å². The standard InChI is InChI=1S/C15H14O7S/c16-10-2-1-3-12(8-10)23(20,21)7-6-22-11-4-5-14(17)13(9-11)15(18)19/h1-5,8-9,16-17H,6-7H2,(H,18,19). The maximum Gasteiger partial charge on any atom is 0.339 e. The fourth-order valence-electron chi connectivity index (χ4n) is 1.84. The Kier molecular flexibility index (Phi) is 4.75. The molecule has 23 heavy (non-hydrogen) atoms. The summed E-state index contributed by atoms with van der Waals surface area (Å²) in [6, 6.07) is 8.88. The largest absolute Gasteiger partial charge is 0.508 e. The molecule has 0 aliphatic carbocycles. The topological polar surface area (TPSA) is 121 Å². The third-order valence-electron chi connectivity index (χ3n) is 3.00. The molecule has 0 spiro atoms. The third-order valence-corrected chi connectivity index (χ3v) is 4.67. The van der Waals surface area contributed by atoms with Crippen molar-refractivity contribution in [3.05, 3.63) is 48.0 Å². The Bertz CT molecular complexity index is 827. The van der Waals surface area contributed by atoms with Crippen molar-refractivity contribution in [3.8, 4) is 17.2 Å². The molecule has 7 nitrogen and oxygen atoms in total. The molecule has 2 aromatic rings. The van der Waals surface area contributed by atoms with Crippen LogP contribution in [0.25, 0.3) is 0 Å². The number of aromatic hydroxyl groups is 2. The molecule has 8 heteroatoms. The van der Waals surface area contributed by atoms with Gasteiger partial charge in [-0.3, -0.25) is 0 Å². The molecule has 2 rings (SSSR count). The van der Waals surface area contributed by atoms with E-state index in [-0.39, 0.29) is 34.3 Å². The van der Waals surface area contributed by atoms with Gasteiger partial charge >= 0.3 is 5.97 Å². The highest BCUT2D eigenvalue weighted by atomic mass is 32.2. The van der Waals surface area contributed by atoms with Crippen LogP contribution in [0.1, 0.15) is 10.4 Å². The predicted octanol–water partition coefficient (Wildman–Crippen LogP) is 1.65. The summed E-state index contributed by atoms with van der Waals surface area (Å²) in [5, 5.41) is 27.6. The van der Waals surface area contributed by atoms with Crippen molar-refractivity contribution in [1.29, 1.82) is 0 Å². The van der Waals surface area contributed by atoms with Gasteiger partial charge in [-0.15, -0.1) is 0 Å². The molecule has 0 amide bonds. The quantitative estimate of drug-likeness (QED) is 0.732. The lowest BCUT2D eigenvalue weighted by atomic mass is 10.2. The number of hydrogen-bond donors (Lipinski definition) is 3. The van der Waals surface area contributed by atoms with Crippen molar-refractivity contribution in [3.63, 3.8) is 0 Å². The Hall–Kier alpha value is -2.74. The summed E-state index contributed by atoms with van der Waals surface area (Å²) >= 11 is 0. The number of ether oxygens (including phenoxy) is 1. The first-order valence-corrected chi connectivity index (χ1v) is 8.16. The van der Waals surface area contributed by atoms with E-state index in [1.165, 1.54) is 24.3 Å². The molecule has 2 aromatic carbocycles. The fraction of sp³-hybridized carbons (Fsp3) is 0.133. The lowest BCUT2D eigenvalue weighted by Gasteiger charge is -2.09. The van der Waals surface area contributed by atoms with Gasteiger partial charge in [0.2, 0.25) is 0 Å². The van der Waals surface area contributed by atoms with E-state index in [9.17, 15) is 23.4 Å². The molecule has 0 saturated heterocycles. The number of hydrogen-bond acceptors (Lipinski definition) is 6. The minimum Gasteiger partial charge on any atom is -0.508 e. The Morgan fingerprint density at radius 2 is 1.83 bits per heavy atom. The molecule has 0 aliphatic heterocycles. The van der Waals surface area contributed by atoms with Gasteiger partial charge in [-0.05, 0) is 36.4 Å². The van der Waals surface area contributed by atoms with Crippen molar-refractivity contribution >= 4 is 15.8 Å². The van der Waals surface area contributed by atoms with Crippen LogP contribution < -0.4 is 4.74 Å². The number of phenolic OH excluding ortho intramolecular Hbond substituents is 1. The first kappa shape index (κ1) is 16.6. The molecule has 0 saturated carbocycles. The molecule has 0 heterocycles. The average molecular weight is 338 g/mol. The second kappa shape index (κ2) is 6.57. The number of rotatable bonds is 6. The summed E-state index contributed by atoms with van der Waals surface area (Å²) in [6.45, 7) is -0.207. The van der Waals surface area contributed by atoms with Crippen LogP contribution in [0.5, 0.6) is 17.2 Å². The maximum atomic E-state index is 12.1. The summed E-state index contributed by atoms with van der Waals surface area (Å²) in [6.07, 6.45) is 0. The zero-order valence-corrected chi connectivity index (χ0v) is 12.7. The van der Waals surface area contributed by atoms with Crippen LogP contribution in [0.4, 0.5) is 0 Å². The summed E-state index contributed by atoms with van der Waals surface area (Å²) in [4.78, 5) is 10.9. The van der Waals surface area contributed by atoms with Crippen molar-refractivity contribution in [2.45, 2.75) is 4.90 Å². The van der Waals surface area contributed by atoms with Crippen molar-refractivity contribution < 1.29 is 33.3 Å².